The maximum atomic E-state index is 4.19. The molecule has 0 radical (unpaired) electrons. The molecule has 1 saturated carbocycles. The molecule has 66 valence electrons. The molecular weight excluding hydrogens is 148 g/mol. The number of nitrogens with one attached hydrogen (secondary N) is 1. The lowest BCUT2D eigenvalue weighted by Crippen LogP contribution is -1.88. The Morgan fingerprint density at radius 1 is 1.42 bits per heavy atom. The third-order valence-electron chi connectivity index (χ3n) is 2.53. The van der Waals surface area contributed by atoms with Crippen LogP contribution < -0.4 is 0 Å². The monoisotopic (exact) mass is 164 g/mol. The van der Waals surface area contributed by atoms with Crippen molar-refractivity contribution >= 4 is 0 Å². The van der Waals surface area contributed by atoms with E-state index in [-0.39, 0.29) is 0 Å². The average molecular weight is 164 g/mol. The summed E-state index contributed by atoms with van der Waals surface area (Å²) in [5.41, 5.74) is 0. The molecular formula is C10H16N2. The molecule has 1 aromatic rings. The van der Waals surface area contributed by atoms with E-state index in [9.17, 15) is 0 Å². The van der Waals surface area contributed by atoms with Gasteiger partial charge in [0.2, 0.25) is 0 Å². The standard InChI is InChI=1S/C10H16N2/c1(3-9-5-6-9)2-4-10-11-7-8-12-10/h7-9H,1-6H2,(H,11,12). The predicted octanol–water partition coefficient (Wildman–Crippen LogP) is 2.53. The molecule has 1 aromatic heterocycles. The van der Waals surface area contributed by atoms with Gasteiger partial charge in [-0.1, -0.05) is 25.7 Å². The van der Waals surface area contributed by atoms with Gasteiger partial charge < -0.3 is 4.98 Å². The summed E-state index contributed by atoms with van der Waals surface area (Å²) >= 11 is 0. The van der Waals surface area contributed by atoms with Crippen LogP contribution in [0, 0.1) is 5.92 Å². The van der Waals surface area contributed by atoms with Gasteiger partial charge >= 0.3 is 0 Å². The van der Waals surface area contributed by atoms with E-state index in [1.807, 2.05) is 12.4 Å². The lowest BCUT2D eigenvalue weighted by molar-refractivity contribution is 0.620. The third kappa shape index (κ3) is 2.36. The average Bonchev–Trinajstić information content (AvgIpc) is 2.76. The highest BCUT2D eigenvalue weighted by Gasteiger charge is 2.19. The van der Waals surface area contributed by atoms with Gasteiger partial charge in [0.15, 0.2) is 0 Å². The fraction of sp³-hybridized carbons (Fsp3) is 0.700. The van der Waals surface area contributed by atoms with E-state index in [1.54, 1.807) is 0 Å². The summed E-state index contributed by atoms with van der Waals surface area (Å²) in [5.74, 6) is 2.23. The van der Waals surface area contributed by atoms with Crippen LogP contribution in [0.4, 0.5) is 0 Å². The van der Waals surface area contributed by atoms with Gasteiger partial charge in [0.05, 0.1) is 0 Å². The molecule has 1 aliphatic rings. The molecule has 2 nitrogen and oxygen atoms in total. The summed E-state index contributed by atoms with van der Waals surface area (Å²) in [5, 5.41) is 0. The van der Waals surface area contributed by atoms with E-state index in [2.05, 4.69) is 9.97 Å². The van der Waals surface area contributed by atoms with Gasteiger partial charge in [0, 0.05) is 18.8 Å². The lowest BCUT2D eigenvalue weighted by Gasteiger charge is -1.96. The third-order valence-corrected chi connectivity index (χ3v) is 2.53. The molecule has 1 heterocycles. The second-order valence-corrected chi connectivity index (χ2v) is 3.73. The highest BCUT2D eigenvalue weighted by atomic mass is 14.9. The molecule has 1 fully saturated rings. The van der Waals surface area contributed by atoms with Crippen LogP contribution in [0.1, 0.15) is 37.9 Å². The number of aromatic amines is 1. The summed E-state index contributed by atoms with van der Waals surface area (Å²) in [6.07, 6.45) is 11.9. The molecule has 0 unspecified atom stereocenters. The minimum absolute atomic E-state index is 1.08. The molecule has 0 atom stereocenters. The molecule has 2 heteroatoms. The summed E-state index contributed by atoms with van der Waals surface area (Å²) in [4.78, 5) is 7.32. The van der Waals surface area contributed by atoms with Crippen molar-refractivity contribution in [3.05, 3.63) is 18.2 Å². The van der Waals surface area contributed by atoms with Crippen molar-refractivity contribution in [3.8, 4) is 0 Å². The number of nitrogens with zero attached hydrogens (tertiary/aromatic N) is 1. The smallest absolute Gasteiger partial charge is 0.105 e. The van der Waals surface area contributed by atoms with Crippen molar-refractivity contribution in [1.82, 2.24) is 9.97 Å². The fourth-order valence-corrected chi connectivity index (χ4v) is 1.57. The van der Waals surface area contributed by atoms with E-state index in [0.29, 0.717) is 0 Å². The Kier molecular flexibility index (Phi) is 2.45. The first kappa shape index (κ1) is 7.84. The van der Waals surface area contributed by atoms with E-state index in [0.717, 1.165) is 18.2 Å². The highest BCUT2D eigenvalue weighted by Crippen LogP contribution is 2.33. The second-order valence-electron chi connectivity index (χ2n) is 3.73. The Hall–Kier alpha value is -0.790. The number of unbranched alkanes of at least 4 members (excludes halogenated alkanes) is 1. The lowest BCUT2D eigenvalue weighted by atomic mass is 10.1. The Bertz CT molecular complexity index is 212. The number of aromatic nitrogens is 2. The molecule has 0 spiro atoms. The molecule has 1 aliphatic carbocycles. The zero-order valence-corrected chi connectivity index (χ0v) is 7.42. The minimum Gasteiger partial charge on any atom is -0.349 e. The summed E-state index contributed by atoms with van der Waals surface area (Å²) in [6, 6.07) is 0. The summed E-state index contributed by atoms with van der Waals surface area (Å²) in [7, 11) is 0. The zero-order chi connectivity index (χ0) is 8.23. The zero-order valence-electron chi connectivity index (χ0n) is 7.42. The number of rotatable bonds is 5. The molecule has 2 rings (SSSR count). The Morgan fingerprint density at radius 3 is 3.00 bits per heavy atom. The van der Waals surface area contributed by atoms with E-state index in [1.165, 1.54) is 32.1 Å². The molecule has 1 N–H and O–H groups in total. The Labute approximate surface area is 73.4 Å². The number of H-pyrrole nitrogens is 1. The number of imidazole rings is 1. The van der Waals surface area contributed by atoms with Gasteiger partial charge in [-0.15, -0.1) is 0 Å². The van der Waals surface area contributed by atoms with Crippen LogP contribution in [0.5, 0.6) is 0 Å². The van der Waals surface area contributed by atoms with Gasteiger partial charge in [-0.25, -0.2) is 4.98 Å². The van der Waals surface area contributed by atoms with Crippen molar-refractivity contribution < 1.29 is 0 Å². The number of hydrogen-bond acceptors (Lipinski definition) is 1. The fourth-order valence-electron chi connectivity index (χ4n) is 1.57. The minimum atomic E-state index is 1.08. The Morgan fingerprint density at radius 2 is 2.33 bits per heavy atom. The van der Waals surface area contributed by atoms with Gasteiger partial charge in [-0.05, 0) is 12.3 Å². The van der Waals surface area contributed by atoms with Crippen LogP contribution in [-0.4, -0.2) is 9.97 Å². The van der Waals surface area contributed by atoms with E-state index < -0.39 is 0 Å². The summed E-state index contributed by atoms with van der Waals surface area (Å²) < 4.78 is 0. The molecule has 0 aliphatic heterocycles. The van der Waals surface area contributed by atoms with E-state index in [4.69, 9.17) is 0 Å². The quantitative estimate of drug-likeness (QED) is 0.665. The van der Waals surface area contributed by atoms with Gasteiger partial charge in [0.1, 0.15) is 5.82 Å². The maximum absolute atomic E-state index is 4.19. The number of aryl methyl sites for hydroxylation is 1. The SMILES string of the molecule is c1c[nH]c(CCCCC2CC2)n1. The summed E-state index contributed by atoms with van der Waals surface area (Å²) in [6.45, 7) is 0. The van der Waals surface area contributed by atoms with Crippen LogP contribution in [0.25, 0.3) is 0 Å². The molecule has 0 saturated heterocycles. The van der Waals surface area contributed by atoms with Crippen molar-refractivity contribution in [2.75, 3.05) is 0 Å². The van der Waals surface area contributed by atoms with Gasteiger partial charge in [0.25, 0.3) is 0 Å². The predicted molar refractivity (Wildman–Crippen MR) is 48.9 cm³/mol. The first-order valence-corrected chi connectivity index (χ1v) is 4.93. The van der Waals surface area contributed by atoms with Gasteiger partial charge in [-0.3, -0.25) is 0 Å². The highest BCUT2D eigenvalue weighted by molar-refractivity contribution is 4.86. The van der Waals surface area contributed by atoms with Gasteiger partial charge in [-0.2, -0.15) is 0 Å². The second kappa shape index (κ2) is 3.74. The first-order chi connectivity index (χ1) is 5.95. The van der Waals surface area contributed by atoms with Crippen molar-refractivity contribution in [2.24, 2.45) is 5.92 Å². The topological polar surface area (TPSA) is 28.7 Å². The van der Waals surface area contributed by atoms with Crippen molar-refractivity contribution in [2.45, 2.75) is 38.5 Å². The van der Waals surface area contributed by atoms with Crippen LogP contribution in [0.15, 0.2) is 12.4 Å². The van der Waals surface area contributed by atoms with E-state index >= 15 is 0 Å². The van der Waals surface area contributed by atoms with Crippen molar-refractivity contribution in [3.63, 3.8) is 0 Å². The van der Waals surface area contributed by atoms with Crippen LogP contribution in [0.2, 0.25) is 0 Å². The first-order valence-electron chi connectivity index (χ1n) is 4.93. The largest absolute Gasteiger partial charge is 0.349 e. The number of hydrogen-bond donors (Lipinski definition) is 1. The Balaban J connectivity index is 1.56. The van der Waals surface area contributed by atoms with Crippen LogP contribution >= 0.6 is 0 Å². The van der Waals surface area contributed by atoms with Crippen LogP contribution in [-0.2, 0) is 6.42 Å². The normalized spacial score (nSPS) is 16.7. The molecule has 0 bridgehead atoms. The van der Waals surface area contributed by atoms with Crippen molar-refractivity contribution in [1.29, 1.82) is 0 Å². The maximum Gasteiger partial charge on any atom is 0.105 e. The molecule has 0 aromatic carbocycles. The molecule has 12 heavy (non-hydrogen) atoms. The van der Waals surface area contributed by atoms with Crippen LogP contribution in [0.3, 0.4) is 0 Å². The molecule has 0 amide bonds.